The molecule has 1 atom stereocenters. The number of benzene rings is 2. The summed E-state index contributed by atoms with van der Waals surface area (Å²) in [6.45, 7) is 6.35. The summed E-state index contributed by atoms with van der Waals surface area (Å²) in [5.74, 6) is 2.44. The third-order valence-corrected chi connectivity index (χ3v) is 6.89. The van der Waals surface area contributed by atoms with Crippen molar-refractivity contribution in [2.45, 2.75) is 38.7 Å². The molecule has 0 radical (unpaired) electrons. The molecule has 0 unspecified atom stereocenters. The number of piperidine rings is 1. The maximum absolute atomic E-state index is 10.7. The molecule has 1 aliphatic rings. The molecular weight excluding hydrogens is 460 g/mol. The molecule has 9 heteroatoms. The molecular formula is C27H28N4O5. The molecule has 36 heavy (non-hydrogen) atoms. The maximum atomic E-state index is 10.7. The van der Waals surface area contributed by atoms with Gasteiger partial charge >= 0.3 is 0 Å². The normalized spacial score (nSPS) is 16.2. The molecule has 6 rings (SSSR count). The van der Waals surface area contributed by atoms with Gasteiger partial charge < -0.3 is 28.1 Å². The summed E-state index contributed by atoms with van der Waals surface area (Å²) in [4.78, 5) is 2.31. The third kappa shape index (κ3) is 4.47. The van der Waals surface area contributed by atoms with Gasteiger partial charge in [-0.3, -0.25) is 0 Å². The zero-order valence-electron chi connectivity index (χ0n) is 20.3. The van der Waals surface area contributed by atoms with E-state index >= 15 is 0 Å². The smallest absolute Gasteiger partial charge is 0.283 e. The standard InChI is InChI=1S/C27H28N4O5/c1-16-21-12-19(6-7-25(21)36-30-16)18-8-10-31(11-9-18)14-20(32)15-33-23-4-3-5-24-22(23)13-26(35-24)27-29-28-17(2)34-27/h3-7,12-13,18,20,32H,8-11,14-15H2,1-2H3/t20-/m0/s1. The first-order valence-electron chi connectivity index (χ1n) is 12.3. The van der Waals surface area contributed by atoms with E-state index in [1.165, 1.54) is 5.56 Å². The monoisotopic (exact) mass is 488 g/mol. The molecule has 186 valence electrons. The second kappa shape index (κ2) is 9.40. The van der Waals surface area contributed by atoms with Crippen LogP contribution in [-0.2, 0) is 0 Å². The van der Waals surface area contributed by atoms with Gasteiger partial charge in [0.05, 0.1) is 11.1 Å². The molecule has 9 nitrogen and oxygen atoms in total. The van der Waals surface area contributed by atoms with Crippen molar-refractivity contribution in [3.8, 4) is 17.4 Å². The van der Waals surface area contributed by atoms with Crippen molar-refractivity contribution in [2.24, 2.45) is 0 Å². The zero-order valence-corrected chi connectivity index (χ0v) is 20.3. The van der Waals surface area contributed by atoms with E-state index in [1.54, 1.807) is 6.92 Å². The summed E-state index contributed by atoms with van der Waals surface area (Å²) in [6.07, 6.45) is 1.50. The van der Waals surface area contributed by atoms with Gasteiger partial charge in [0, 0.05) is 24.9 Å². The summed E-state index contributed by atoms with van der Waals surface area (Å²) in [6, 6.07) is 13.8. The van der Waals surface area contributed by atoms with Crippen LogP contribution >= 0.6 is 0 Å². The minimum atomic E-state index is -0.599. The van der Waals surface area contributed by atoms with Crippen LogP contribution < -0.4 is 4.74 Å². The van der Waals surface area contributed by atoms with Crippen LogP contribution in [0.15, 0.2) is 55.8 Å². The van der Waals surface area contributed by atoms with Crippen molar-refractivity contribution >= 4 is 21.9 Å². The Morgan fingerprint density at radius 3 is 2.69 bits per heavy atom. The number of aliphatic hydroxyl groups is 1. The lowest BCUT2D eigenvalue weighted by Gasteiger charge is -2.33. The number of hydrogen-bond donors (Lipinski definition) is 1. The van der Waals surface area contributed by atoms with Crippen molar-refractivity contribution in [1.29, 1.82) is 0 Å². The summed E-state index contributed by atoms with van der Waals surface area (Å²) in [7, 11) is 0. The molecule has 4 heterocycles. The fourth-order valence-electron chi connectivity index (χ4n) is 4.98. The average Bonchev–Trinajstić information content (AvgIpc) is 3.61. The largest absolute Gasteiger partial charge is 0.490 e. The van der Waals surface area contributed by atoms with E-state index in [4.69, 9.17) is 18.1 Å². The Morgan fingerprint density at radius 2 is 1.89 bits per heavy atom. The minimum Gasteiger partial charge on any atom is -0.490 e. The number of hydrogen-bond acceptors (Lipinski definition) is 9. The molecule has 2 aromatic carbocycles. The molecule has 1 saturated heterocycles. The van der Waals surface area contributed by atoms with Crippen LogP contribution in [-0.4, -0.2) is 57.7 Å². The van der Waals surface area contributed by atoms with Crippen LogP contribution in [0.5, 0.6) is 5.75 Å². The highest BCUT2D eigenvalue weighted by Crippen LogP contribution is 2.34. The number of likely N-dealkylation sites (tertiary alicyclic amines) is 1. The van der Waals surface area contributed by atoms with Crippen molar-refractivity contribution in [3.63, 3.8) is 0 Å². The second-order valence-electron chi connectivity index (χ2n) is 9.47. The molecule has 5 aromatic rings. The van der Waals surface area contributed by atoms with E-state index in [0.29, 0.717) is 41.3 Å². The Hall–Kier alpha value is -3.69. The van der Waals surface area contributed by atoms with E-state index < -0.39 is 6.10 Å². The van der Waals surface area contributed by atoms with E-state index in [0.717, 1.165) is 48.0 Å². The van der Waals surface area contributed by atoms with Crippen LogP contribution in [0, 0.1) is 13.8 Å². The fraction of sp³-hybridized carbons (Fsp3) is 0.370. The van der Waals surface area contributed by atoms with Gasteiger partial charge in [0.25, 0.3) is 5.89 Å². The lowest BCUT2D eigenvalue weighted by Crippen LogP contribution is -2.40. The number of ether oxygens (including phenoxy) is 1. The number of aromatic nitrogens is 3. The Kier molecular flexibility index (Phi) is 5.94. The molecule has 0 bridgehead atoms. The molecule has 0 amide bonds. The average molecular weight is 489 g/mol. The Balaban J connectivity index is 1.04. The highest BCUT2D eigenvalue weighted by atomic mass is 16.5. The molecule has 1 aliphatic heterocycles. The number of nitrogens with zero attached hydrogens (tertiary/aromatic N) is 4. The van der Waals surface area contributed by atoms with Crippen molar-refractivity contribution < 1.29 is 23.2 Å². The van der Waals surface area contributed by atoms with Crippen LogP contribution in [0.25, 0.3) is 33.6 Å². The zero-order chi connectivity index (χ0) is 24.6. The van der Waals surface area contributed by atoms with Crippen LogP contribution in [0.3, 0.4) is 0 Å². The van der Waals surface area contributed by atoms with Crippen LogP contribution in [0.1, 0.15) is 35.9 Å². The van der Waals surface area contributed by atoms with Crippen LogP contribution in [0.4, 0.5) is 0 Å². The first-order chi connectivity index (χ1) is 17.5. The summed E-state index contributed by atoms with van der Waals surface area (Å²) < 4.78 is 22.7. The predicted octanol–water partition coefficient (Wildman–Crippen LogP) is 4.86. The van der Waals surface area contributed by atoms with E-state index in [9.17, 15) is 5.11 Å². The van der Waals surface area contributed by atoms with Crippen LogP contribution in [0.2, 0.25) is 0 Å². The quantitative estimate of drug-likeness (QED) is 0.343. The molecule has 1 N–H and O–H groups in total. The van der Waals surface area contributed by atoms with Crippen molar-refractivity contribution in [1.82, 2.24) is 20.3 Å². The van der Waals surface area contributed by atoms with Gasteiger partial charge in [0.1, 0.15) is 24.0 Å². The van der Waals surface area contributed by atoms with Gasteiger partial charge in [-0.1, -0.05) is 17.3 Å². The first-order valence-corrected chi connectivity index (χ1v) is 12.3. The van der Waals surface area contributed by atoms with E-state index in [2.05, 4.69) is 32.4 Å². The number of aryl methyl sites for hydroxylation is 2. The molecule has 0 spiro atoms. The highest BCUT2D eigenvalue weighted by Gasteiger charge is 2.23. The van der Waals surface area contributed by atoms with Gasteiger partial charge in [0.15, 0.2) is 11.3 Å². The highest BCUT2D eigenvalue weighted by molar-refractivity contribution is 5.87. The van der Waals surface area contributed by atoms with Gasteiger partial charge in [-0.2, -0.15) is 0 Å². The molecule has 3 aromatic heterocycles. The molecule has 0 aliphatic carbocycles. The van der Waals surface area contributed by atoms with Gasteiger partial charge in [-0.15, -0.1) is 10.2 Å². The second-order valence-corrected chi connectivity index (χ2v) is 9.47. The van der Waals surface area contributed by atoms with Crippen molar-refractivity contribution in [2.75, 3.05) is 26.2 Å². The SMILES string of the molecule is Cc1nnc(-c2cc3c(OC[C@@H](O)CN4CCC(c5ccc6onc(C)c6c5)CC4)cccc3o2)o1. The van der Waals surface area contributed by atoms with Crippen molar-refractivity contribution in [3.05, 3.63) is 59.6 Å². The third-order valence-electron chi connectivity index (χ3n) is 6.89. The van der Waals surface area contributed by atoms with Gasteiger partial charge in [-0.25, -0.2) is 0 Å². The number of furan rings is 1. The lowest BCUT2D eigenvalue weighted by atomic mass is 9.88. The van der Waals surface area contributed by atoms with E-state index in [1.807, 2.05) is 37.3 Å². The van der Waals surface area contributed by atoms with Gasteiger partial charge in [-0.05, 0) is 68.6 Å². The number of aliphatic hydroxyl groups excluding tert-OH is 1. The summed E-state index contributed by atoms with van der Waals surface area (Å²) in [5, 5.41) is 24.5. The minimum absolute atomic E-state index is 0.197. The Labute approximate surface area is 207 Å². The molecule has 0 saturated carbocycles. The Bertz CT molecular complexity index is 1490. The van der Waals surface area contributed by atoms with E-state index in [-0.39, 0.29) is 6.61 Å². The summed E-state index contributed by atoms with van der Waals surface area (Å²) in [5.41, 5.74) is 3.76. The fourth-order valence-corrected chi connectivity index (χ4v) is 4.98. The van der Waals surface area contributed by atoms with Gasteiger partial charge in [0.2, 0.25) is 5.89 Å². The first kappa shape index (κ1) is 22.8. The molecule has 1 fully saturated rings. The predicted molar refractivity (Wildman–Crippen MR) is 133 cm³/mol. The topological polar surface area (TPSA) is 111 Å². The lowest BCUT2D eigenvalue weighted by molar-refractivity contribution is 0.0599. The maximum Gasteiger partial charge on any atom is 0.283 e. The number of rotatable bonds is 7. The Morgan fingerprint density at radius 1 is 1.03 bits per heavy atom. The number of β-amino-alcohol motifs (C(OH)–C–C–N with tert-alkyl or cyclic N) is 1. The summed E-state index contributed by atoms with van der Waals surface area (Å²) >= 11 is 0. The number of fused-ring (bicyclic) bond motifs is 2.